The molecule has 0 radical (unpaired) electrons. The fourth-order valence-corrected chi connectivity index (χ4v) is 5.81. The number of hydrogen-bond acceptors (Lipinski definition) is 5. The van der Waals surface area contributed by atoms with Gasteiger partial charge in [-0.3, -0.25) is 9.59 Å². The van der Waals surface area contributed by atoms with Gasteiger partial charge in [0.1, 0.15) is 12.2 Å². The van der Waals surface area contributed by atoms with Crippen LogP contribution in [0.5, 0.6) is 0 Å². The Morgan fingerprint density at radius 2 is 1.82 bits per heavy atom. The summed E-state index contributed by atoms with van der Waals surface area (Å²) in [6.45, 7) is 11.1. The fraction of sp³-hybridized carbons (Fsp3) is 0.455. The molecule has 6 rings (SSSR count). The summed E-state index contributed by atoms with van der Waals surface area (Å²) in [6, 6.07) is 11.1. The molecular formula is C33H41F3N6O2. The lowest BCUT2D eigenvalue weighted by Gasteiger charge is -2.37. The van der Waals surface area contributed by atoms with Crippen molar-refractivity contribution in [1.82, 2.24) is 25.0 Å². The molecule has 8 nitrogen and oxygen atoms in total. The number of benzene rings is 2. The second-order valence-electron chi connectivity index (χ2n) is 11.9. The van der Waals surface area contributed by atoms with Gasteiger partial charge in [0.05, 0.1) is 12.1 Å². The number of para-hydroxylation sites is 1. The summed E-state index contributed by atoms with van der Waals surface area (Å²) in [4.78, 5) is 26.6. The second kappa shape index (κ2) is 14.2. The van der Waals surface area contributed by atoms with Gasteiger partial charge in [-0.2, -0.15) is 13.2 Å². The summed E-state index contributed by atoms with van der Waals surface area (Å²) >= 11 is 0. The van der Waals surface area contributed by atoms with Crippen molar-refractivity contribution in [1.29, 1.82) is 0 Å². The smallest absolute Gasteiger partial charge is 0.344 e. The Morgan fingerprint density at radius 1 is 1.16 bits per heavy atom. The molecule has 0 spiro atoms. The average molecular weight is 611 g/mol. The van der Waals surface area contributed by atoms with Crippen LogP contribution in [0.3, 0.4) is 0 Å². The van der Waals surface area contributed by atoms with Crippen LogP contribution in [0.25, 0.3) is 0 Å². The number of carbonyl (C=O) groups excluding carboxylic acids is 2. The first-order valence-electron chi connectivity index (χ1n) is 14.9. The Kier molecular flexibility index (Phi) is 10.6. The molecule has 3 heterocycles. The number of aryl methyl sites for hydroxylation is 1. The van der Waals surface area contributed by atoms with Gasteiger partial charge in [0.25, 0.3) is 5.91 Å². The number of halogens is 3. The van der Waals surface area contributed by atoms with E-state index in [1.807, 2.05) is 18.5 Å². The van der Waals surface area contributed by atoms with E-state index in [0.29, 0.717) is 36.8 Å². The average Bonchev–Trinajstić information content (AvgIpc) is 3.53. The van der Waals surface area contributed by atoms with Crippen LogP contribution in [0, 0.1) is 11.8 Å². The summed E-state index contributed by atoms with van der Waals surface area (Å²) in [7, 11) is 2.01. The van der Waals surface area contributed by atoms with Gasteiger partial charge in [-0.1, -0.05) is 31.2 Å². The van der Waals surface area contributed by atoms with Gasteiger partial charge in [-0.05, 0) is 68.0 Å². The van der Waals surface area contributed by atoms with E-state index >= 15 is 0 Å². The molecule has 1 aromatic heterocycles. The summed E-state index contributed by atoms with van der Waals surface area (Å²) in [5, 5.41) is 11.2. The highest BCUT2D eigenvalue weighted by Gasteiger charge is 2.41. The van der Waals surface area contributed by atoms with Crippen LogP contribution < -0.4 is 10.2 Å². The summed E-state index contributed by atoms with van der Waals surface area (Å²) in [5.41, 5.74) is 0.368. The Balaban J connectivity index is 0.000000260. The van der Waals surface area contributed by atoms with E-state index in [1.54, 1.807) is 60.6 Å². The zero-order chi connectivity index (χ0) is 32.0. The third-order valence-corrected chi connectivity index (χ3v) is 8.27. The van der Waals surface area contributed by atoms with E-state index in [1.165, 1.54) is 17.7 Å². The van der Waals surface area contributed by atoms with Crippen molar-refractivity contribution in [3.05, 3.63) is 89.5 Å². The molecule has 1 aliphatic carbocycles. The number of anilines is 1. The highest BCUT2D eigenvalue weighted by molar-refractivity contribution is 6.10. The molecule has 2 fully saturated rings. The molecule has 1 saturated heterocycles. The minimum Gasteiger partial charge on any atom is -0.344 e. The zero-order valence-electron chi connectivity index (χ0n) is 25.7. The number of hydrogen-bond donors (Lipinski definition) is 1. The number of carbonyl (C=O) groups is 2. The van der Waals surface area contributed by atoms with Crippen molar-refractivity contribution in [2.24, 2.45) is 18.9 Å². The molecule has 1 saturated carbocycles. The Morgan fingerprint density at radius 3 is 2.36 bits per heavy atom. The van der Waals surface area contributed by atoms with Gasteiger partial charge in [0.15, 0.2) is 0 Å². The monoisotopic (exact) mass is 610 g/mol. The van der Waals surface area contributed by atoms with Gasteiger partial charge < -0.3 is 19.7 Å². The Labute approximate surface area is 257 Å². The molecule has 11 heteroatoms. The lowest BCUT2D eigenvalue weighted by molar-refractivity contribution is -0.138. The summed E-state index contributed by atoms with van der Waals surface area (Å²) in [6.07, 6.45) is 2.34. The third-order valence-electron chi connectivity index (χ3n) is 8.27. The number of rotatable bonds is 7. The van der Waals surface area contributed by atoms with E-state index in [0.717, 1.165) is 24.2 Å². The number of nitrogens with zero attached hydrogens (tertiary/aromatic N) is 5. The van der Waals surface area contributed by atoms with E-state index in [4.69, 9.17) is 0 Å². The molecule has 2 aromatic carbocycles. The molecule has 3 aromatic rings. The van der Waals surface area contributed by atoms with Crippen molar-refractivity contribution in [3.63, 3.8) is 0 Å². The van der Waals surface area contributed by atoms with E-state index < -0.39 is 17.6 Å². The number of alkyl halides is 3. The Hall–Kier alpha value is -3.99. The molecule has 2 amide bonds. The van der Waals surface area contributed by atoms with Crippen molar-refractivity contribution in [2.75, 3.05) is 24.5 Å². The largest absolute Gasteiger partial charge is 0.416 e. The molecule has 0 bridgehead atoms. The summed E-state index contributed by atoms with van der Waals surface area (Å²) in [5.74, 6) is 2.58. The Bertz CT molecular complexity index is 1430. The molecule has 236 valence electrons. The highest BCUT2D eigenvalue weighted by atomic mass is 19.4. The van der Waals surface area contributed by atoms with Crippen molar-refractivity contribution < 1.29 is 22.8 Å². The van der Waals surface area contributed by atoms with Gasteiger partial charge in [-0.25, -0.2) is 0 Å². The number of amides is 2. The first kappa shape index (κ1) is 32.9. The standard InChI is InChI=1S/C22H22F3N3O2.C8H13N3.C3H6/c1-14(26-9-15-10-27(11-15)13-29)16-7-18-19(20(8-16)22(23,24)25)12-28(21(18)30)17-5-3-2-4-6-17;1-6-3-7(4-6)8-10-9-5-11(8)2;1-3-2/h2-8,13-15,26H,9-12H2,1H3;5-7H,3-4H2,1-2H3;3H,1H2,2H3. The normalized spacial score (nSPS) is 19.8. The lowest BCUT2D eigenvalue weighted by Crippen LogP contribution is -2.50. The second-order valence-corrected chi connectivity index (χ2v) is 11.9. The maximum atomic E-state index is 13.8. The molecule has 2 aliphatic heterocycles. The van der Waals surface area contributed by atoms with Crippen LogP contribution in [0.15, 0.2) is 61.4 Å². The lowest BCUT2D eigenvalue weighted by atomic mass is 9.76. The van der Waals surface area contributed by atoms with Crippen LogP contribution in [0.4, 0.5) is 18.9 Å². The maximum absolute atomic E-state index is 13.8. The predicted molar refractivity (Wildman–Crippen MR) is 164 cm³/mol. The van der Waals surface area contributed by atoms with Crippen molar-refractivity contribution in [2.45, 2.75) is 58.3 Å². The quantitative estimate of drug-likeness (QED) is 0.257. The number of fused-ring (bicyclic) bond motifs is 1. The molecule has 1 atom stereocenters. The van der Waals surface area contributed by atoms with E-state index in [2.05, 4.69) is 29.0 Å². The third kappa shape index (κ3) is 7.56. The number of allylic oxidation sites excluding steroid dienone is 1. The minimum absolute atomic E-state index is 0.0212. The molecule has 44 heavy (non-hydrogen) atoms. The fourth-order valence-electron chi connectivity index (χ4n) is 5.81. The van der Waals surface area contributed by atoms with Crippen LogP contribution >= 0.6 is 0 Å². The van der Waals surface area contributed by atoms with Crippen LogP contribution in [-0.2, 0) is 24.6 Å². The van der Waals surface area contributed by atoms with Crippen molar-refractivity contribution in [3.8, 4) is 0 Å². The van der Waals surface area contributed by atoms with E-state index in [9.17, 15) is 22.8 Å². The zero-order valence-corrected chi connectivity index (χ0v) is 25.7. The molecule has 1 unspecified atom stereocenters. The van der Waals surface area contributed by atoms with Crippen molar-refractivity contribution >= 4 is 18.0 Å². The van der Waals surface area contributed by atoms with Gasteiger partial charge >= 0.3 is 6.18 Å². The molecule has 3 aliphatic rings. The SMILES string of the molecule is C=CC.CC(NCC1CN(C=O)C1)c1cc2c(c(C(F)(F)F)c1)CN(c1ccccc1)C2=O.CC1CC(c2nncn2C)C1. The van der Waals surface area contributed by atoms with Crippen LogP contribution in [0.1, 0.15) is 78.4 Å². The molecule has 1 N–H and O–H groups in total. The van der Waals surface area contributed by atoms with Gasteiger partial charge in [-0.15, -0.1) is 16.8 Å². The van der Waals surface area contributed by atoms with E-state index in [-0.39, 0.29) is 29.6 Å². The van der Waals surface area contributed by atoms with Crippen LogP contribution in [-0.4, -0.2) is 51.6 Å². The first-order valence-corrected chi connectivity index (χ1v) is 14.9. The molecular weight excluding hydrogens is 569 g/mol. The van der Waals surface area contributed by atoms with Crippen LogP contribution in [0.2, 0.25) is 0 Å². The minimum atomic E-state index is -4.55. The first-order chi connectivity index (χ1) is 21.0. The number of nitrogens with one attached hydrogen (secondary N) is 1. The topological polar surface area (TPSA) is 83.4 Å². The number of likely N-dealkylation sites (tertiary alicyclic amines) is 1. The van der Waals surface area contributed by atoms with Gasteiger partial charge in [0.2, 0.25) is 6.41 Å². The maximum Gasteiger partial charge on any atom is 0.416 e. The number of aromatic nitrogens is 3. The predicted octanol–water partition coefficient (Wildman–Crippen LogP) is 6.13. The van der Waals surface area contributed by atoms with Gasteiger partial charge in [0, 0.05) is 55.8 Å². The highest BCUT2D eigenvalue weighted by Crippen LogP contribution is 2.41. The summed E-state index contributed by atoms with van der Waals surface area (Å²) < 4.78 is 43.5.